The summed E-state index contributed by atoms with van der Waals surface area (Å²) in [6.07, 6.45) is 7.52. The Morgan fingerprint density at radius 2 is 1.57 bits per heavy atom. The van der Waals surface area contributed by atoms with Gasteiger partial charge in [0.15, 0.2) is 0 Å². The highest BCUT2D eigenvalue weighted by molar-refractivity contribution is 5.61. The van der Waals surface area contributed by atoms with Gasteiger partial charge >= 0.3 is 0 Å². The van der Waals surface area contributed by atoms with E-state index in [1.807, 2.05) is 20.8 Å². The fraction of sp³-hybridized carbons (Fsp3) is 0.556. The first-order valence-corrected chi connectivity index (χ1v) is 7.85. The van der Waals surface area contributed by atoms with Gasteiger partial charge < -0.3 is 4.90 Å². The van der Waals surface area contributed by atoms with Crippen LogP contribution >= 0.6 is 0 Å². The highest BCUT2D eigenvalue weighted by Gasteiger charge is 1.99. The Morgan fingerprint density at radius 1 is 1.05 bits per heavy atom. The van der Waals surface area contributed by atoms with Crippen LogP contribution in [0.4, 0.5) is 0 Å². The third-order valence-corrected chi connectivity index (χ3v) is 2.72. The topological polar surface area (TPSA) is 29.0 Å². The molecule has 0 saturated carbocycles. The van der Waals surface area contributed by atoms with E-state index >= 15 is 0 Å². The Hall–Kier alpha value is -1.48. The molecule has 0 aliphatic carbocycles. The van der Waals surface area contributed by atoms with Crippen LogP contribution in [0, 0.1) is 6.92 Å². The minimum absolute atomic E-state index is 0.840. The van der Waals surface area contributed by atoms with Crippen LogP contribution in [0.15, 0.2) is 19.5 Å². The predicted octanol–water partition coefficient (Wildman–Crippen LogP) is 4.84. The molecule has 3 nitrogen and oxygen atoms in total. The number of hydrogen-bond donors (Lipinski definition) is 0. The van der Waals surface area contributed by atoms with Crippen molar-refractivity contribution in [3.63, 3.8) is 0 Å². The van der Waals surface area contributed by atoms with Crippen LogP contribution in [-0.4, -0.2) is 35.0 Å². The molecule has 0 aliphatic heterocycles. The standard InChI is InChI=1S/C9H10N2.C7H17N.C2H6/c1-4-8-7(3)10-6-11-9(8)5-2;1-4-6-8(3)7-5-2;1-2/h4-6H,1-2H2,3H3;4-7H2,1-3H3;1-2H3. The SMILES string of the molecule is C=Cc1ncnc(C)c1C=C.CC.CCCN(C)CCC. The zero-order valence-electron chi connectivity index (χ0n) is 14.8. The summed E-state index contributed by atoms with van der Waals surface area (Å²) in [5.41, 5.74) is 2.74. The second kappa shape index (κ2) is 14.9. The molecule has 0 N–H and O–H groups in total. The summed E-state index contributed by atoms with van der Waals surface area (Å²) >= 11 is 0. The van der Waals surface area contributed by atoms with E-state index in [9.17, 15) is 0 Å². The Morgan fingerprint density at radius 3 is 1.90 bits per heavy atom. The molecule has 1 heterocycles. The van der Waals surface area contributed by atoms with Crippen LogP contribution in [0.2, 0.25) is 0 Å². The average molecular weight is 291 g/mol. The minimum atomic E-state index is 0.840. The summed E-state index contributed by atoms with van der Waals surface area (Å²) in [5, 5.41) is 0. The number of rotatable bonds is 6. The van der Waals surface area contributed by atoms with Crippen molar-refractivity contribution in [2.75, 3.05) is 20.1 Å². The first kappa shape index (κ1) is 21.8. The number of aromatic nitrogens is 2. The number of aryl methyl sites for hydroxylation is 1. The van der Waals surface area contributed by atoms with E-state index in [1.54, 1.807) is 12.2 Å². The van der Waals surface area contributed by atoms with Gasteiger partial charge in [0, 0.05) is 11.3 Å². The second-order valence-corrected chi connectivity index (χ2v) is 4.47. The first-order valence-electron chi connectivity index (χ1n) is 7.85. The number of nitrogens with zero attached hydrogens (tertiary/aromatic N) is 3. The van der Waals surface area contributed by atoms with Gasteiger partial charge in [0.1, 0.15) is 6.33 Å². The fourth-order valence-corrected chi connectivity index (χ4v) is 1.79. The van der Waals surface area contributed by atoms with E-state index in [4.69, 9.17) is 0 Å². The molecule has 0 aliphatic rings. The molecule has 0 amide bonds. The lowest BCUT2D eigenvalue weighted by molar-refractivity contribution is 0.335. The summed E-state index contributed by atoms with van der Waals surface area (Å²) in [5.74, 6) is 0. The third-order valence-electron chi connectivity index (χ3n) is 2.72. The Kier molecular flexibility index (Phi) is 15.5. The molecule has 21 heavy (non-hydrogen) atoms. The molecule has 1 rings (SSSR count). The molecule has 0 spiro atoms. The highest BCUT2D eigenvalue weighted by atomic mass is 15.1. The van der Waals surface area contributed by atoms with Gasteiger partial charge in [-0.3, -0.25) is 0 Å². The fourth-order valence-electron chi connectivity index (χ4n) is 1.79. The van der Waals surface area contributed by atoms with Gasteiger partial charge in [-0.15, -0.1) is 0 Å². The molecule has 120 valence electrons. The van der Waals surface area contributed by atoms with E-state index in [-0.39, 0.29) is 0 Å². The number of hydrogen-bond acceptors (Lipinski definition) is 3. The van der Waals surface area contributed by atoms with E-state index in [0.29, 0.717) is 0 Å². The van der Waals surface area contributed by atoms with Gasteiger partial charge in [0.2, 0.25) is 0 Å². The van der Waals surface area contributed by atoms with Gasteiger partial charge in [-0.25, -0.2) is 9.97 Å². The van der Waals surface area contributed by atoms with Crippen molar-refractivity contribution in [2.45, 2.75) is 47.5 Å². The molecule has 0 radical (unpaired) electrons. The minimum Gasteiger partial charge on any atom is -0.306 e. The van der Waals surface area contributed by atoms with E-state index in [2.05, 4.69) is 48.9 Å². The second-order valence-electron chi connectivity index (χ2n) is 4.47. The molecule has 0 unspecified atom stereocenters. The molecular formula is C18H33N3. The molecule has 3 heteroatoms. The van der Waals surface area contributed by atoms with Crippen LogP contribution in [0.25, 0.3) is 12.2 Å². The average Bonchev–Trinajstić information content (AvgIpc) is 2.50. The molecule has 0 bridgehead atoms. The van der Waals surface area contributed by atoms with Crippen molar-refractivity contribution in [1.29, 1.82) is 0 Å². The third kappa shape index (κ3) is 9.97. The highest BCUT2D eigenvalue weighted by Crippen LogP contribution is 2.10. The molecule has 0 atom stereocenters. The molecule has 0 saturated heterocycles. The zero-order valence-corrected chi connectivity index (χ0v) is 14.8. The van der Waals surface area contributed by atoms with Gasteiger partial charge in [-0.1, -0.05) is 46.9 Å². The summed E-state index contributed by atoms with van der Waals surface area (Å²) in [6.45, 7) is 20.2. The molecule has 1 aromatic heterocycles. The Bertz CT molecular complexity index is 380. The maximum atomic E-state index is 4.03. The van der Waals surface area contributed by atoms with Crippen molar-refractivity contribution >= 4 is 12.2 Å². The van der Waals surface area contributed by atoms with E-state index < -0.39 is 0 Å². The van der Waals surface area contributed by atoms with Gasteiger partial charge in [0.25, 0.3) is 0 Å². The lowest BCUT2D eigenvalue weighted by Gasteiger charge is -2.12. The zero-order chi connectivity index (χ0) is 16.7. The van der Waals surface area contributed by atoms with Crippen LogP contribution in [0.3, 0.4) is 0 Å². The Balaban J connectivity index is 0. The van der Waals surface area contributed by atoms with Crippen LogP contribution in [0.1, 0.15) is 57.5 Å². The van der Waals surface area contributed by atoms with Crippen LogP contribution < -0.4 is 0 Å². The van der Waals surface area contributed by atoms with E-state index in [0.717, 1.165) is 17.0 Å². The summed E-state index contributed by atoms with van der Waals surface area (Å²) in [7, 11) is 2.17. The van der Waals surface area contributed by atoms with Crippen molar-refractivity contribution in [1.82, 2.24) is 14.9 Å². The maximum absolute atomic E-state index is 4.03. The molecule has 0 fully saturated rings. The van der Waals surface area contributed by atoms with Crippen molar-refractivity contribution in [2.24, 2.45) is 0 Å². The van der Waals surface area contributed by atoms with Gasteiger partial charge in [-0.2, -0.15) is 0 Å². The normalized spacial score (nSPS) is 9.10. The van der Waals surface area contributed by atoms with Crippen LogP contribution in [-0.2, 0) is 0 Å². The van der Waals surface area contributed by atoms with Gasteiger partial charge in [-0.05, 0) is 46.0 Å². The Labute approximate surface area is 131 Å². The van der Waals surface area contributed by atoms with Crippen molar-refractivity contribution in [3.8, 4) is 0 Å². The summed E-state index contributed by atoms with van der Waals surface area (Å²) in [6, 6.07) is 0. The maximum Gasteiger partial charge on any atom is 0.116 e. The lowest BCUT2D eigenvalue weighted by atomic mass is 10.1. The summed E-state index contributed by atoms with van der Waals surface area (Å²) < 4.78 is 0. The van der Waals surface area contributed by atoms with Crippen LogP contribution in [0.5, 0.6) is 0 Å². The van der Waals surface area contributed by atoms with E-state index in [1.165, 1.54) is 32.3 Å². The molecule has 1 aromatic rings. The first-order chi connectivity index (χ1) is 10.1. The summed E-state index contributed by atoms with van der Waals surface area (Å²) in [4.78, 5) is 10.4. The predicted molar refractivity (Wildman–Crippen MR) is 96.4 cm³/mol. The monoisotopic (exact) mass is 291 g/mol. The van der Waals surface area contributed by atoms with Gasteiger partial charge in [0.05, 0.1) is 5.69 Å². The lowest BCUT2D eigenvalue weighted by Crippen LogP contribution is -2.19. The van der Waals surface area contributed by atoms with Crippen molar-refractivity contribution < 1.29 is 0 Å². The van der Waals surface area contributed by atoms with Crippen molar-refractivity contribution in [3.05, 3.63) is 36.4 Å². The molecule has 0 aromatic carbocycles. The largest absolute Gasteiger partial charge is 0.306 e. The molecular weight excluding hydrogens is 258 g/mol. The quantitative estimate of drug-likeness (QED) is 0.751. The smallest absolute Gasteiger partial charge is 0.116 e.